The molecule has 0 spiro atoms. The fourth-order valence-corrected chi connectivity index (χ4v) is 2.85. The second kappa shape index (κ2) is 6.14. The fraction of sp³-hybridized carbons (Fsp3) is 0.571. The van der Waals surface area contributed by atoms with Crippen molar-refractivity contribution in [3.63, 3.8) is 0 Å². The van der Waals surface area contributed by atoms with Crippen molar-refractivity contribution in [2.45, 2.75) is 38.8 Å². The Morgan fingerprint density at radius 3 is 2.44 bits per heavy atom. The topological polar surface area (TPSA) is 15.3 Å². The Kier molecular flexibility index (Phi) is 4.77. The lowest BCUT2D eigenvalue weighted by Crippen LogP contribution is -2.42. The summed E-state index contributed by atoms with van der Waals surface area (Å²) in [6.07, 6.45) is 2.33. The number of hydrogen-bond acceptors (Lipinski definition) is 2. The monoisotopic (exact) mass is 286 g/mol. The van der Waals surface area contributed by atoms with Crippen molar-refractivity contribution >= 4 is 28.9 Å². The van der Waals surface area contributed by atoms with E-state index >= 15 is 0 Å². The van der Waals surface area contributed by atoms with Crippen LogP contribution >= 0.6 is 23.2 Å². The van der Waals surface area contributed by atoms with Gasteiger partial charge in [-0.25, -0.2) is 0 Å². The summed E-state index contributed by atoms with van der Waals surface area (Å²) in [5.41, 5.74) is 0.990. The van der Waals surface area contributed by atoms with Gasteiger partial charge in [0, 0.05) is 30.2 Å². The van der Waals surface area contributed by atoms with Crippen molar-refractivity contribution in [3.8, 4) is 0 Å². The zero-order chi connectivity index (χ0) is 13.1. The highest BCUT2D eigenvalue weighted by molar-refractivity contribution is 6.36. The number of benzene rings is 1. The van der Waals surface area contributed by atoms with Crippen LogP contribution in [0.25, 0.3) is 0 Å². The third-order valence-corrected chi connectivity index (χ3v) is 4.10. The highest BCUT2D eigenvalue weighted by Gasteiger charge is 2.20. The first-order valence-electron chi connectivity index (χ1n) is 6.52. The molecule has 1 aliphatic rings. The maximum atomic E-state index is 6.17. The number of nitrogens with zero attached hydrogens (tertiary/aromatic N) is 1. The first-order chi connectivity index (χ1) is 8.56. The first kappa shape index (κ1) is 14.0. The molecule has 1 fully saturated rings. The van der Waals surface area contributed by atoms with Crippen LogP contribution in [0.2, 0.25) is 10.0 Å². The summed E-state index contributed by atoms with van der Waals surface area (Å²) in [7, 11) is 0. The lowest BCUT2D eigenvalue weighted by molar-refractivity contribution is 0.177. The SMILES string of the molecule is CC(C)N1CCC(Nc2ccc(Cl)cc2Cl)CC1. The minimum atomic E-state index is 0.513. The van der Waals surface area contributed by atoms with E-state index in [1.165, 1.54) is 0 Å². The van der Waals surface area contributed by atoms with Gasteiger partial charge in [0.1, 0.15) is 0 Å². The van der Waals surface area contributed by atoms with Crippen LogP contribution in [0.1, 0.15) is 26.7 Å². The van der Waals surface area contributed by atoms with Crippen LogP contribution in [0, 0.1) is 0 Å². The van der Waals surface area contributed by atoms with Crippen LogP contribution in [-0.4, -0.2) is 30.1 Å². The van der Waals surface area contributed by atoms with E-state index in [4.69, 9.17) is 23.2 Å². The summed E-state index contributed by atoms with van der Waals surface area (Å²) in [6, 6.07) is 6.77. The van der Waals surface area contributed by atoms with Gasteiger partial charge in [-0.3, -0.25) is 0 Å². The number of hydrogen-bond donors (Lipinski definition) is 1. The van der Waals surface area contributed by atoms with Crippen molar-refractivity contribution in [1.29, 1.82) is 0 Å². The van der Waals surface area contributed by atoms with E-state index in [2.05, 4.69) is 24.1 Å². The highest BCUT2D eigenvalue weighted by Crippen LogP contribution is 2.27. The molecule has 100 valence electrons. The summed E-state index contributed by atoms with van der Waals surface area (Å²) >= 11 is 12.1. The summed E-state index contributed by atoms with van der Waals surface area (Å²) in [5.74, 6) is 0. The molecular weight excluding hydrogens is 267 g/mol. The molecule has 0 atom stereocenters. The van der Waals surface area contributed by atoms with Crippen LogP contribution in [0.15, 0.2) is 18.2 Å². The number of rotatable bonds is 3. The zero-order valence-electron chi connectivity index (χ0n) is 10.9. The predicted molar refractivity (Wildman–Crippen MR) is 79.8 cm³/mol. The van der Waals surface area contributed by atoms with E-state index in [1.807, 2.05) is 12.1 Å². The smallest absolute Gasteiger partial charge is 0.0652 e. The van der Waals surface area contributed by atoms with E-state index in [0.29, 0.717) is 22.1 Å². The van der Waals surface area contributed by atoms with Crippen LogP contribution in [0.3, 0.4) is 0 Å². The number of likely N-dealkylation sites (tertiary alicyclic amines) is 1. The van der Waals surface area contributed by atoms with Gasteiger partial charge in [-0.05, 0) is 44.9 Å². The largest absolute Gasteiger partial charge is 0.381 e. The lowest BCUT2D eigenvalue weighted by atomic mass is 10.0. The number of anilines is 1. The highest BCUT2D eigenvalue weighted by atomic mass is 35.5. The van der Waals surface area contributed by atoms with Gasteiger partial charge in [0.25, 0.3) is 0 Å². The second-order valence-electron chi connectivity index (χ2n) is 5.17. The first-order valence-corrected chi connectivity index (χ1v) is 7.27. The van der Waals surface area contributed by atoms with Crippen LogP contribution in [0.4, 0.5) is 5.69 Å². The number of piperidine rings is 1. The van der Waals surface area contributed by atoms with Crippen LogP contribution < -0.4 is 5.32 Å². The van der Waals surface area contributed by atoms with Gasteiger partial charge in [0.05, 0.1) is 10.7 Å². The van der Waals surface area contributed by atoms with Gasteiger partial charge in [-0.1, -0.05) is 23.2 Å². The quantitative estimate of drug-likeness (QED) is 0.892. The molecule has 0 unspecified atom stereocenters. The molecule has 4 heteroatoms. The molecule has 0 radical (unpaired) electrons. The Hall–Kier alpha value is -0.440. The lowest BCUT2D eigenvalue weighted by Gasteiger charge is -2.35. The molecule has 0 bridgehead atoms. The third-order valence-electron chi connectivity index (χ3n) is 3.55. The second-order valence-corrected chi connectivity index (χ2v) is 6.02. The average molecular weight is 287 g/mol. The molecule has 0 aromatic heterocycles. The molecule has 1 aromatic carbocycles. The zero-order valence-corrected chi connectivity index (χ0v) is 12.4. The molecular formula is C14H20Cl2N2. The van der Waals surface area contributed by atoms with Gasteiger partial charge >= 0.3 is 0 Å². The number of nitrogens with one attached hydrogen (secondary N) is 1. The molecule has 1 heterocycles. The normalized spacial score (nSPS) is 18.3. The van der Waals surface area contributed by atoms with Crippen LogP contribution in [-0.2, 0) is 0 Å². The molecule has 1 aliphatic heterocycles. The van der Waals surface area contributed by atoms with Gasteiger partial charge in [-0.2, -0.15) is 0 Å². The van der Waals surface area contributed by atoms with E-state index in [1.54, 1.807) is 6.07 Å². The molecule has 0 saturated carbocycles. The number of halogens is 2. The minimum absolute atomic E-state index is 0.513. The van der Waals surface area contributed by atoms with Gasteiger partial charge in [-0.15, -0.1) is 0 Å². The van der Waals surface area contributed by atoms with Gasteiger partial charge in [0.15, 0.2) is 0 Å². The Balaban J connectivity index is 1.91. The van der Waals surface area contributed by atoms with Gasteiger partial charge < -0.3 is 10.2 Å². The van der Waals surface area contributed by atoms with E-state index in [-0.39, 0.29) is 0 Å². The maximum Gasteiger partial charge on any atom is 0.0652 e. The van der Waals surface area contributed by atoms with Crippen molar-refractivity contribution in [2.24, 2.45) is 0 Å². The van der Waals surface area contributed by atoms with Crippen molar-refractivity contribution in [2.75, 3.05) is 18.4 Å². The average Bonchev–Trinajstić information content (AvgIpc) is 2.33. The molecule has 18 heavy (non-hydrogen) atoms. The Morgan fingerprint density at radius 2 is 1.89 bits per heavy atom. The molecule has 2 nitrogen and oxygen atoms in total. The van der Waals surface area contributed by atoms with E-state index in [9.17, 15) is 0 Å². The fourth-order valence-electron chi connectivity index (χ4n) is 2.39. The maximum absolute atomic E-state index is 6.17. The van der Waals surface area contributed by atoms with Crippen molar-refractivity contribution < 1.29 is 0 Å². The summed E-state index contributed by atoms with van der Waals surface area (Å²) in [6.45, 7) is 6.81. The summed E-state index contributed by atoms with van der Waals surface area (Å²) in [4.78, 5) is 2.52. The van der Waals surface area contributed by atoms with Crippen LogP contribution in [0.5, 0.6) is 0 Å². The molecule has 1 aromatic rings. The molecule has 0 aliphatic carbocycles. The van der Waals surface area contributed by atoms with E-state index in [0.717, 1.165) is 31.6 Å². The predicted octanol–water partition coefficient (Wildman–Crippen LogP) is 4.28. The van der Waals surface area contributed by atoms with Crippen molar-refractivity contribution in [3.05, 3.63) is 28.2 Å². The Bertz CT molecular complexity index is 399. The third kappa shape index (κ3) is 3.53. The summed E-state index contributed by atoms with van der Waals surface area (Å²) < 4.78 is 0. The van der Waals surface area contributed by atoms with Gasteiger partial charge in [0.2, 0.25) is 0 Å². The molecule has 2 rings (SSSR count). The Labute approximate surface area is 119 Å². The van der Waals surface area contributed by atoms with Crippen molar-refractivity contribution in [1.82, 2.24) is 4.90 Å². The molecule has 1 N–H and O–H groups in total. The standard InChI is InChI=1S/C14H20Cl2N2/c1-10(2)18-7-5-12(6-8-18)17-14-4-3-11(15)9-13(14)16/h3-4,9-10,12,17H,5-8H2,1-2H3. The van der Waals surface area contributed by atoms with E-state index < -0.39 is 0 Å². The molecule has 1 saturated heterocycles. The minimum Gasteiger partial charge on any atom is -0.381 e. The molecule has 0 amide bonds. The Morgan fingerprint density at radius 1 is 1.22 bits per heavy atom. The summed E-state index contributed by atoms with van der Waals surface area (Å²) in [5, 5.41) is 4.90.